The number of amides is 1. The van der Waals surface area contributed by atoms with Gasteiger partial charge < -0.3 is 14.9 Å². The van der Waals surface area contributed by atoms with E-state index in [2.05, 4.69) is 6.58 Å². The number of aliphatic hydroxyl groups excluding tert-OH is 1. The molecule has 0 aromatic heterocycles. The first-order valence-corrected chi connectivity index (χ1v) is 4.85. The fourth-order valence-electron chi connectivity index (χ4n) is 1.82. The van der Waals surface area contributed by atoms with Crippen molar-refractivity contribution in [2.24, 2.45) is 0 Å². The number of rotatable bonds is 3. The molecule has 1 heterocycles. The standard InChI is InChI=1S/C10H17NO4/c1-4-5-8(12)7-6-15-10(2,3)11(7)9(13)14/h4,7-8,12H,1,5-6H2,2-3H3,(H,13,14)/t7-,8+/m0/s1. The zero-order valence-corrected chi connectivity index (χ0v) is 9.01. The largest absolute Gasteiger partial charge is 0.465 e. The summed E-state index contributed by atoms with van der Waals surface area (Å²) in [6.45, 7) is 7.06. The maximum absolute atomic E-state index is 11.0. The molecule has 2 N–H and O–H groups in total. The van der Waals surface area contributed by atoms with E-state index < -0.39 is 24.0 Å². The lowest BCUT2D eigenvalue weighted by atomic mass is 10.1. The molecule has 1 rings (SSSR count). The molecule has 86 valence electrons. The third-order valence-corrected chi connectivity index (χ3v) is 2.58. The fraction of sp³-hybridized carbons (Fsp3) is 0.700. The van der Waals surface area contributed by atoms with Crippen LogP contribution in [0.15, 0.2) is 12.7 Å². The van der Waals surface area contributed by atoms with E-state index >= 15 is 0 Å². The molecule has 0 unspecified atom stereocenters. The second-order valence-electron chi connectivity index (χ2n) is 4.07. The number of aliphatic hydroxyl groups is 1. The van der Waals surface area contributed by atoms with Crippen molar-refractivity contribution in [3.8, 4) is 0 Å². The molecule has 0 radical (unpaired) electrons. The molecule has 0 saturated carbocycles. The molecule has 1 aliphatic rings. The zero-order valence-electron chi connectivity index (χ0n) is 9.01. The Kier molecular flexibility index (Phi) is 3.36. The first kappa shape index (κ1) is 12.0. The van der Waals surface area contributed by atoms with Gasteiger partial charge >= 0.3 is 6.09 Å². The molecule has 0 aliphatic carbocycles. The van der Waals surface area contributed by atoms with Crippen molar-refractivity contribution in [3.63, 3.8) is 0 Å². The predicted octanol–water partition coefficient (Wildman–Crippen LogP) is 1.04. The molecular formula is C10H17NO4. The van der Waals surface area contributed by atoms with E-state index in [1.54, 1.807) is 19.9 Å². The molecule has 1 amide bonds. The Hall–Kier alpha value is -1.07. The zero-order chi connectivity index (χ0) is 11.6. The van der Waals surface area contributed by atoms with Gasteiger partial charge in [-0.25, -0.2) is 4.79 Å². The lowest BCUT2D eigenvalue weighted by molar-refractivity contribution is -0.0464. The monoisotopic (exact) mass is 215 g/mol. The van der Waals surface area contributed by atoms with Gasteiger partial charge in [0.05, 0.1) is 18.8 Å². The van der Waals surface area contributed by atoms with Crippen LogP contribution in [-0.2, 0) is 4.74 Å². The number of carboxylic acid groups (broad SMARTS) is 1. The first-order chi connectivity index (χ1) is 6.90. The Morgan fingerprint density at radius 3 is 2.87 bits per heavy atom. The first-order valence-electron chi connectivity index (χ1n) is 4.85. The average Bonchev–Trinajstić information content (AvgIpc) is 2.41. The highest BCUT2D eigenvalue weighted by atomic mass is 16.5. The SMILES string of the molecule is C=CC[C@@H](O)[C@@H]1COC(C)(C)N1C(=O)O. The molecule has 1 aliphatic heterocycles. The van der Waals surface area contributed by atoms with Gasteiger partial charge in [-0.2, -0.15) is 0 Å². The van der Waals surface area contributed by atoms with Crippen LogP contribution in [0, 0.1) is 0 Å². The Morgan fingerprint density at radius 2 is 2.40 bits per heavy atom. The highest BCUT2D eigenvalue weighted by Gasteiger charge is 2.46. The van der Waals surface area contributed by atoms with E-state index in [0.717, 1.165) is 4.90 Å². The van der Waals surface area contributed by atoms with E-state index in [0.29, 0.717) is 6.42 Å². The number of carbonyl (C=O) groups is 1. The lowest BCUT2D eigenvalue weighted by Gasteiger charge is -2.32. The molecule has 0 aromatic carbocycles. The van der Waals surface area contributed by atoms with Crippen LogP contribution in [0.3, 0.4) is 0 Å². The third kappa shape index (κ3) is 2.30. The van der Waals surface area contributed by atoms with Crippen molar-refractivity contribution in [3.05, 3.63) is 12.7 Å². The van der Waals surface area contributed by atoms with Gasteiger partial charge in [-0.1, -0.05) is 6.08 Å². The number of hydrogen-bond acceptors (Lipinski definition) is 3. The van der Waals surface area contributed by atoms with Gasteiger partial charge in [0.2, 0.25) is 0 Å². The van der Waals surface area contributed by atoms with Gasteiger partial charge in [0.15, 0.2) is 0 Å². The van der Waals surface area contributed by atoms with E-state index in [4.69, 9.17) is 9.84 Å². The second kappa shape index (κ2) is 4.20. The maximum Gasteiger partial charge on any atom is 0.409 e. The molecule has 1 fully saturated rings. The van der Waals surface area contributed by atoms with Gasteiger partial charge in [-0.15, -0.1) is 6.58 Å². The van der Waals surface area contributed by atoms with Crippen molar-refractivity contribution >= 4 is 6.09 Å². The smallest absolute Gasteiger partial charge is 0.409 e. The topological polar surface area (TPSA) is 70.0 Å². The molecule has 2 atom stereocenters. The summed E-state index contributed by atoms with van der Waals surface area (Å²) in [7, 11) is 0. The van der Waals surface area contributed by atoms with Gasteiger partial charge in [0, 0.05) is 0 Å². The van der Waals surface area contributed by atoms with Crippen LogP contribution >= 0.6 is 0 Å². The van der Waals surface area contributed by atoms with Crippen LogP contribution in [-0.4, -0.2) is 45.7 Å². The van der Waals surface area contributed by atoms with Crippen LogP contribution in [0.25, 0.3) is 0 Å². The fourth-order valence-corrected chi connectivity index (χ4v) is 1.82. The summed E-state index contributed by atoms with van der Waals surface area (Å²) in [5.41, 5.74) is -0.876. The van der Waals surface area contributed by atoms with Gasteiger partial charge in [-0.05, 0) is 20.3 Å². The van der Waals surface area contributed by atoms with Crippen molar-refractivity contribution in [1.82, 2.24) is 4.90 Å². The van der Waals surface area contributed by atoms with Crippen LogP contribution in [0.2, 0.25) is 0 Å². The molecule has 5 nitrogen and oxygen atoms in total. The van der Waals surface area contributed by atoms with Gasteiger partial charge in [0.1, 0.15) is 5.72 Å². The molecule has 0 bridgehead atoms. The maximum atomic E-state index is 11.0. The van der Waals surface area contributed by atoms with Gasteiger partial charge in [0.25, 0.3) is 0 Å². The number of ether oxygens (including phenoxy) is 1. The van der Waals surface area contributed by atoms with Crippen LogP contribution in [0.4, 0.5) is 4.79 Å². The molecular weight excluding hydrogens is 198 g/mol. The second-order valence-corrected chi connectivity index (χ2v) is 4.07. The van der Waals surface area contributed by atoms with E-state index in [9.17, 15) is 9.90 Å². The summed E-state index contributed by atoms with van der Waals surface area (Å²) in [6, 6.07) is -0.518. The van der Waals surface area contributed by atoms with Crippen LogP contribution < -0.4 is 0 Å². The van der Waals surface area contributed by atoms with Crippen LogP contribution in [0.1, 0.15) is 20.3 Å². The summed E-state index contributed by atoms with van der Waals surface area (Å²) < 4.78 is 5.35. The Bertz CT molecular complexity index is 264. The highest BCUT2D eigenvalue weighted by molar-refractivity contribution is 5.66. The molecule has 0 spiro atoms. The summed E-state index contributed by atoms with van der Waals surface area (Å²) in [5, 5.41) is 18.8. The minimum absolute atomic E-state index is 0.217. The van der Waals surface area contributed by atoms with Crippen LogP contribution in [0.5, 0.6) is 0 Å². The number of nitrogens with zero attached hydrogens (tertiary/aromatic N) is 1. The van der Waals surface area contributed by atoms with E-state index in [1.807, 2.05) is 0 Å². The lowest BCUT2D eigenvalue weighted by Crippen LogP contribution is -2.51. The van der Waals surface area contributed by atoms with E-state index in [-0.39, 0.29) is 6.61 Å². The van der Waals surface area contributed by atoms with Crippen molar-refractivity contribution < 1.29 is 19.7 Å². The quantitative estimate of drug-likeness (QED) is 0.690. The molecule has 5 heteroatoms. The van der Waals surface area contributed by atoms with Gasteiger partial charge in [-0.3, -0.25) is 4.90 Å². The Morgan fingerprint density at radius 1 is 1.80 bits per heavy atom. The average molecular weight is 215 g/mol. The molecule has 0 aromatic rings. The van der Waals surface area contributed by atoms with Crippen molar-refractivity contribution in [2.45, 2.75) is 38.1 Å². The number of hydrogen-bond donors (Lipinski definition) is 2. The predicted molar refractivity (Wildman–Crippen MR) is 54.5 cm³/mol. The molecule has 15 heavy (non-hydrogen) atoms. The summed E-state index contributed by atoms with van der Waals surface area (Å²) >= 11 is 0. The highest BCUT2D eigenvalue weighted by Crippen LogP contribution is 2.29. The normalized spacial score (nSPS) is 26.3. The summed E-state index contributed by atoms with van der Waals surface area (Å²) in [6.07, 6.45) is 0.0789. The van der Waals surface area contributed by atoms with Crippen molar-refractivity contribution in [1.29, 1.82) is 0 Å². The Balaban J connectivity index is 2.82. The summed E-state index contributed by atoms with van der Waals surface area (Å²) in [5.74, 6) is 0. The third-order valence-electron chi connectivity index (χ3n) is 2.58. The Labute approximate surface area is 89.0 Å². The minimum Gasteiger partial charge on any atom is -0.465 e. The van der Waals surface area contributed by atoms with E-state index in [1.165, 1.54) is 0 Å². The summed E-state index contributed by atoms with van der Waals surface area (Å²) in [4.78, 5) is 12.2. The minimum atomic E-state index is -1.08. The molecule has 1 saturated heterocycles. The van der Waals surface area contributed by atoms with Crippen molar-refractivity contribution in [2.75, 3.05) is 6.61 Å².